The Kier molecular flexibility index (Phi) is 3.57. The summed E-state index contributed by atoms with van der Waals surface area (Å²) in [6.07, 6.45) is 0. The van der Waals surface area contributed by atoms with Crippen LogP contribution in [0.2, 0.25) is 0 Å². The average molecular weight is 243 g/mol. The molecule has 0 aromatic heterocycles. The SMILES string of the molecule is COc1ccccc1NCc1cc(N)ccc1N. The molecule has 0 saturated carbocycles. The smallest absolute Gasteiger partial charge is 0.141 e. The van der Waals surface area contributed by atoms with Gasteiger partial charge >= 0.3 is 0 Å². The Labute approximate surface area is 107 Å². The molecule has 0 unspecified atom stereocenters. The highest BCUT2D eigenvalue weighted by molar-refractivity contribution is 5.59. The lowest BCUT2D eigenvalue weighted by Gasteiger charge is -2.12. The van der Waals surface area contributed by atoms with Gasteiger partial charge in [-0.25, -0.2) is 0 Å². The summed E-state index contributed by atoms with van der Waals surface area (Å²) in [5.74, 6) is 0.806. The first-order chi connectivity index (χ1) is 8.70. The van der Waals surface area contributed by atoms with E-state index in [0.29, 0.717) is 12.2 Å². The number of hydrogen-bond acceptors (Lipinski definition) is 4. The summed E-state index contributed by atoms with van der Waals surface area (Å²) >= 11 is 0. The first kappa shape index (κ1) is 12.1. The molecule has 0 radical (unpaired) electrons. The zero-order chi connectivity index (χ0) is 13.0. The Morgan fingerprint density at radius 2 is 1.89 bits per heavy atom. The lowest BCUT2D eigenvalue weighted by atomic mass is 10.1. The minimum absolute atomic E-state index is 0.608. The van der Waals surface area contributed by atoms with Gasteiger partial charge in [0.25, 0.3) is 0 Å². The quantitative estimate of drug-likeness (QED) is 0.721. The molecule has 18 heavy (non-hydrogen) atoms. The molecule has 0 amide bonds. The highest BCUT2D eigenvalue weighted by Gasteiger charge is 2.03. The highest BCUT2D eigenvalue weighted by atomic mass is 16.5. The predicted octanol–water partition coefficient (Wildman–Crippen LogP) is 2.47. The molecular weight excluding hydrogens is 226 g/mol. The Balaban J connectivity index is 2.14. The number of nitrogens with one attached hydrogen (secondary N) is 1. The summed E-state index contributed by atoms with van der Waals surface area (Å²) in [7, 11) is 1.65. The van der Waals surface area contributed by atoms with Crippen LogP contribution in [0, 0.1) is 0 Å². The van der Waals surface area contributed by atoms with Crippen molar-refractivity contribution in [3.05, 3.63) is 48.0 Å². The molecule has 2 aromatic carbocycles. The summed E-state index contributed by atoms with van der Waals surface area (Å²) in [5, 5.41) is 3.29. The summed E-state index contributed by atoms with van der Waals surface area (Å²) in [4.78, 5) is 0. The number of methoxy groups -OCH3 is 1. The molecule has 0 saturated heterocycles. The van der Waals surface area contributed by atoms with E-state index in [0.717, 1.165) is 22.7 Å². The number of nitrogen functional groups attached to an aromatic ring is 2. The minimum Gasteiger partial charge on any atom is -0.495 e. The van der Waals surface area contributed by atoms with Crippen LogP contribution in [0.3, 0.4) is 0 Å². The Morgan fingerprint density at radius 1 is 1.11 bits per heavy atom. The van der Waals surface area contributed by atoms with Gasteiger partial charge in [0, 0.05) is 17.9 Å². The summed E-state index contributed by atoms with van der Waals surface area (Å²) < 4.78 is 5.27. The molecular formula is C14H17N3O. The van der Waals surface area contributed by atoms with Gasteiger partial charge in [-0.3, -0.25) is 0 Å². The van der Waals surface area contributed by atoms with Crippen molar-refractivity contribution in [3.8, 4) is 5.75 Å². The normalized spacial score (nSPS) is 10.1. The van der Waals surface area contributed by atoms with Crippen LogP contribution >= 0.6 is 0 Å². The number of benzene rings is 2. The number of rotatable bonds is 4. The van der Waals surface area contributed by atoms with E-state index in [4.69, 9.17) is 16.2 Å². The molecule has 0 fully saturated rings. The molecule has 0 aliphatic carbocycles. The molecule has 0 spiro atoms. The minimum atomic E-state index is 0.608. The van der Waals surface area contributed by atoms with Crippen molar-refractivity contribution in [2.45, 2.75) is 6.54 Å². The topological polar surface area (TPSA) is 73.3 Å². The van der Waals surface area contributed by atoms with Gasteiger partial charge in [-0.05, 0) is 35.9 Å². The van der Waals surface area contributed by atoms with Gasteiger partial charge in [0.2, 0.25) is 0 Å². The molecule has 0 aliphatic heterocycles. The molecule has 5 N–H and O–H groups in total. The van der Waals surface area contributed by atoms with Gasteiger partial charge in [0.1, 0.15) is 5.75 Å². The first-order valence-electron chi connectivity index (χ1n) is 5.71. The second kappa shape index (κ2) is 5.31. The summed E-state index contributed by atoms with van der Waals surface area (Å²) in [6, 6.07) is 13.2. The second-order valence-corrected chi connectivity index (χ2v) is 4.01. The van der Waals surface area contributed by atoms with Gasteiger partial charge < -0.3 is 21.5 Å². The average Bonchev–Trinajstić information content (AvgIpc) is 2.40. The van der Waals surface area contributed by atoms with Gasteiger partial charge in [-0.1, -0.05) is 12.1 Å². The van der Waals surface area contributed by atoms with Crippen molar-refractivity contribution >= 4 is 17.1 Å². The van der Waals surface area contributed by atoms with E-state index in [-0.39, 0.29) is 0 Å². The van der Waals surface area contributed by atoms with Crippen LogP contribution in [-0.2, 0) is 6.54 Å². The van der Waals surface area contributed by atoms with E-state index in [9.17, 15) is 0 Å². The van der Waals surface area contributed by atoms with E-state index >= 15 is 0 Å². The zero-order valence-corrected chi connectivity index (χ0v) is 10.3. The van der Waals surface area contributed by atoms with Crippen molar-refractivity contribution in [2.24, 2.45) is 0 Å². The van der Waals surface area contributed by atoms with E-state index < -0.39 is 0 Å². The highest BCUT2D eigenvalue weighted by Crippen LogP contribution is 2.24. The summed E-state index contributed by atoms with van der Waals surface area (Å²) in [6.45, 7) is 0.608. The number of hydrogen-bond donors (Lipinski definition) is 3. The molecule has 4 heteroatoms. The molecule has 2 rings (SSSR count). The van der Waals surface area contributed by atoms with Crippen LogP contribution in [-0.4, -0.2) is 7.11 Å². The van der Waals surface area contributed by atoms with Crippen LogP contribution in [0.4, 0.5) is 17.1 Å². The maximum Gasteiger partial charge on any atom is 0.141 e. The Bertz CT molecular complexity index is 540. The fourth-order valence-corrected chi connectivity index (χ4v) is 1.76. The molecule has 0 heterocycles. The number of anilines is 3. The fourth-order valence-electron chi connectivity index (χ4n) is 1.76. The van der Waals surface area contributed by atoms with Gasteiger partial charge in [-0.2, -0.15) is 0 Å². The third kappa shape index (κ3) is 2.66. The fraction of sp³-hybridized carbons (Fsp3) is 0.143. The number of nitrogens with two attached hydrogens (primary N) is 2. The first-order valence-corrected chi connectivity index (χ1v) is 5.71. The van der Waals surface area contributed by atoms with E-state index in [1.807, 2.05) is 36.4 Å². The van der Waals surface area contributed by atoms with E-state index in [1.165, 1.54) is 0 Å². The third-order valence-corrected chi connectivity index (χ3v) is 2.74. The van der Waals surface area contributed by atoms with Crippen molar-refractivity contribution in [3.63, 3.8) is 0 Å². The largest absolute Gasteiger partial charge is 0.495 e. The maximum atomic E-state index is 5.90. The molecule has 0 atom stereocenters. The Hall–Kier alpha value is -2.36. The number of ether oxygens (including phenoxy) is 1. The lowest BCUT2D eigenvalue weighted by molar-refractivity contribution is 0.416. The van der Waals surface area contributed by atoms with Crippen LogP contribution in [0.1, 0.15) is 5.56 Å². The van der Waals surface area contributed by atoms with E-state index in [1.54, 1.807) is 13.2 Å². The lowest BCUT2D eigenvalue weighted by Crippen LogP contribution is -2.04. The summed E-state index contributed by atoms with van der Waals surface area (Å²) in [5.41, 5.74) is 15.0. The standard InChI is InChI=1S/C14H17N3O/c1-18-14-5-3-2-4-13(14)17-9-10-8-11(15)6-7-12(10)16/h2-8,17H,9,15-16H2,1H3. The van der Waals surface area contributed by atoms with Crippen molar-refractivity contribution < 1.29 is 4.74 Å². The van der Waals surface area contributed by atoms with Crippen molar-refractivity contribution in [2.75, 3.05) is 23.9 Å². The van der Waals surface area contributed by atoms with Gasteiger partial charge in [0.05, 0.1) is 12.8 Å². The molecule has 0 bridgehead atoms. The molecule has 2 aromatic rings. The van der Waals surface area contributed by atoms with Gasteiger partial charge in [0.15, 0.2) is 0 Å². The van der Waals surface area contributed by atoms with Crippen LogP contribution in [0.25, 0.3) is 0 Å². The maximum absolute atomic E-state index is 5.90. The predicted molar refractivity (Wildman–Crippen MR) is 75.6 cm³/mol. The Morgan fingerprint density at radius 3 is 2.67 bits per heavy atom. The van der Waals surface area contributed by atoms with Crippen LogP contribution in [0.5, 0.6) is 5.75 Å². The molecule has 94 valence electrons. The third-order valence-electron chi connectivity index (χ3n) is 2.74. The second-order valence-electron chi connectivity index (χ2n) is 4.01. The van der Waals surface area contributed by atoms with Crippen LogP contribution < -0.4 is 21.5 Å². The van der Waals surface area contributed by atoms with Crippen molar-refractivity contribution in [1.82, 2.24) is 0 Å². The zero-order valence-electron chi connectivity index (χ0n) is 10.3. The van der Waals surface area contributed by atoms with Gasteiger partial charge in [-0.15, -0.1) is 0 Å². The van der Waals surface area contributed by atoms with Crippen LogP contribution in [0.15, 0.2) is 42.5 Å². The number of para-hydroxylation sites is 2. The van der Waals surface area contributed by atoms with E-state index in [2.05, 4.69) is 5.32 Å². The monoisotopic (exact) mass is 243 g/mol. The molecule has 0 aliphatic rings. The van der Waals surface area contributed by atoms with Crippen molar-refractivity contribution in [1.29, 1.82) is 0 Å². The molecule has 4 nitrogen and oxygen atoms in total.